The molecule has 0 aliphatic heterocycles. The minimum atomic E-state index is -0.490. The van der Waals surface area contributed by atoms with Gasteiger partial charge in [0.2, 0.25) is 0 Å². The number of nitrogens with zero attached hydrogens (tertiary/aromatic N) is 1. The van der Waals surface area contributed by atoms with E-state index < -0.39 is 5.91 Å². The highest BCUT2D eigenvalue weighted by atomic mass is 35.5. The molecule has 0 aliphatic carbocycles. The van der Waals surface area contributed by atoms with Gasteiger partial charge in [-0.1, -0.05) is 60.5 Å². The van der Waals surface area contributed by atoms with Crippen molar-refractivity contribution in [1.29, 1.82) is 5.26 Å². The van der Waals surface area contributed by atoms with Gasteiger partial charge in [0, 0.05) is 27.7 Å². The highest BCUT2D eigenvalue weighted by Gasteiger charge is 2.15. The van der Waals surface area contributed by atoms with Gasteiger partial charge in [-0.15, -0.1) is 0 Å². The van der Waals surface area contributed by atoms with E-state index in [9.17, 15) is 10.1 Å². The van der Waals surface area contributed by atoms with E-state index in [0.717, 1.165) is 17.5 Å². The van der Waals surface area contributed by atoms with Crippen molar-refractivity contribution >= 4 is 40.9 Å². The van der Waals surface area contributed by atoms with Crippen molar-refractivity contribution < 1.29 is 9.53 Å². The van der Waals surface area contributed by atoms with Gasteiger partial charge in [-0.2, -0.15) is 5.26 Å². The van der Waals surface area contributed by atoms with Crippen molar-refractivity contribution in [2.45, 2.75) is 26.7 Å². The normalized spacial score (nSPS) is 11.1. The molecule has 3 rings (SSSR count). The summed E-state index contributed by atoms with van der Waals surface area (Å²) in [4.78, 5) is 12.7. The lowest BCUT2D eigenvalue weighted by Crippen LogP contribution is -2.13. The molecule has 1 N–H and O–H groups in total. The summed E-state index contributed by atoms with van der Waals surface area (Å²) in [5.74, 6) is 0.0972. The van der Waals surface area contributed by atoms with Gasteiger partial charge < -0.3 is 10.1 Å². The molecule has 33 heavy (non-hydrogen) atoms. The first-order valence-corrected chi connectivity index (χ1v) is 11.4. The molecule has 168 valence electrons. The zero-order valence-electron chi connectivity index (χ0n) is 18.5. The number of hydrogen-bond donors (Lipinski definition) is 1. The van der Waals surface area contributed by atoms with Crippen LogP contribution in [0.4, 0.5) is 5.69 Å². The van der Waals surface area contributed by atoms with Crippen LogP contribution in [0.2, 0.25) is 10.0 Å². The Hall–Kier alpha value is -3.26. The lowest BCUT2D eigenvalue weighted by molar-refractivity contribution is -0.112. The van der Waals surface area contributed by atoms with E-state index in [1.807, 2.05) is 61.5 Å². The molecule has 0 unspecified atom stereocenters. The second kappa shape index (κ2) is 11.6. The van der Waals surface area contributed by atoms with Gasteiger partial charge >= 0.3 is 0 Å². The molecule has 0 aromatic heterocycles. The fourth-order valence-electron chi connectivity index (χ4n) is 3.34. The van der Waals surface area contributed by atoms with E-state index in [-0.39, 0.29) is 5.57 Å². The van der Waals surface area contributed by atoms with Gasteiger partial charge in [-0.3, -0.25) is 4.79 Å². The topological polar surface area (TPSA) is 62.1 Å². The molecule has 0 heterocycles. The summed E-state index contributed by atoms with van der Waals surface area (Å²) in [6.45, 7) is 4.39. The average Bonchev–Trinajstić information content (AvgIpc) is 2.81. The predicted octanol–water partition coefficient (Wildman–Crippen LogP) is 7.09. The van der Waals surface area contributed by atoms with Crippen LogP contribution in [0.5, 0.6) is 5.75 Å². The summed E-state index contributed by atoms with van der Waals surface area (Å²) < 4.78 is 5.82. The Balaban J connectivity index is 1.89. The van der Waals surface area contributed by atoms with Crippen molar-refractivity contribution in [2.75, 3.05) is 11.9 Å². The number of benzene rings is 3. The Bertz CT molecular complexity index is 1210. The standard InChI is InChI=1S/C27H24Cl2N2O2/c1-3-18-9-11-22(12-10-18)31-27(32)21(17-30)13-19-14-25(29)23(26(15-19)33-4-2)16-20-7-5-6-8-24(20)28/h5-15H,3-4,16H2,1-2H3,(H,31,32)/b21-13+. The van der Waals surface area contributed by atoms with Gasteiger partial charge in [0.1, 0.15) is 17.4 Å². The van der Waals surface area contributed by atoms with Gasteiger partial charge in [0.25, 0.3) is 5.91 Å². The Kier molecular flexibility index (Phi) is 8.54. The lowest BCUT2D eigenvalue weighted by atomic mass is 10.0. The molecule has 0 radical (unpaired) electrons. The van der Waals surface area contributed by atoms with Crippen molar-refractivity contribution in [1.82, 2.24) is 0 Å². The van der Waals surface area contributed by atoms with Gasteiger partial charge in [0.15, 0.2) is 0 Å². The lowest BCUT2D eigenvalue weighted by Gasteiger charge is -2.14. The van der Waals surface area contributed by atoms with E-state index in [2.05, 4.69) is 12.2 Å². The van der Waals surface area contributed by atoms with Gasteiger partial charge in [0.05, 0.1) is 6.61 Å². The summed E-state index contributed by atoms with van der Waals surface area (Å²) >= 11 is 12.9. The van der Waals surface area contributed by atoms with E-state index in [0.29, 0.717) is 40.1 Å². The number of nitrogens with one attached hydrogen (secondary N) is 1. The maximum absolute atomic E-state index is 12.7. The van der Waals surface area contributed by atoms with Crippen molar-refractivity contribution in [3.8, 4) is 11.8 Å². The summed E-state index contributed by atoms with van der Waals surface area (Å²) in [6.07, 6.45) is 2.91. The molecule has 0 atom stereocenters. The second-order valence-electron chi connectivity index (χ2n) is 7.36. The van der Waals surface area contributed by atoms with Crippen molar-refractivity contribution in [3.05, 3.63) is 98.5 Å². The summed E-state index contributed by atoms with van der Waals surface area (Å²) in [5.41, 5.74) is 4.08. The number of rotatable bonds is 8. The van der Waals surface area contributed by atoms with Crippen LogP contribution >= 0.6 is 23.2 Å². The summed E-state index contributed by atoms with van der Waals surface area (Å²) in [6, 6.07) is 20.6. The molecule has 0 aliphatic rings. The number of aryl methyl sites for hydroxylation is 1. The monoisotopic (exact) mass is 478 g/mol. The zero-order chi connectivity index (χ0) is 23.8. The number of nitriles is 1. The first kappa shape index (κ1) is 24.4. The largest absolute Gasteiger partial charge is 0.494 e. The van der Waals surface area contributed by atoms with Crippen LogP contribution in [-0.4, -0.2) is 12.5 Å². The van der Waals surface area contributed by atoms with E-state index >= 15 is 0 Å². The highest BCUT2D eigenvalue weighted by Crippen LogP contribution is 2.33. The Morgan fingerprint density at radius 2 is 1.79 bits per heavy atom. The molecule has 0 bridgehead atoms. The number of carbonyl (C=O) groups excluding carboxylic acids is 1. The Labute approximate surface area is 204 Å². The van der Waals surface area contributed by atoms with Crippen molar-refractivity contribution in [3.63, 3.8) is 0 Å². The molecule has 3 aromatic rings. The van der Waals surface area contributed by atoms with Crippen LogP contribution in [-0.2, 0) is 17.6 Å². The molecule has 0 spiro atoms. The molecule has 1 amide bonds. The van der Waals surface area contributed by atoms with Crippen LogP contribution in [0.15, 0.2) is 66.2 Å². The van der Waals surface area contributed by atoms with E-state index in [1.165, 1.54) is 11.6 Å². The molecule has 0 saturated carbocycles. The fraction of sp³-hybridized carbons (Fsp3) is 0.185. The molecule has 6 heteroatoms. The second-order valence-corrected chi connectivity index (χ2v) is 8.17. The van der Waals surface area contributed by atoms with Crippen LogP contribution in [0.1, 0.15) is 36.1 Å². The SMILES string of the molecule is CCOc1cc(/C=C(\C#N)C(=O)Nc2ccc(CC)cc2)cc(Cl)c1Cc1ccccc1Cl. The molecule has 0 fully saturated rings. The summed E-state index contributed by atoms with van der Waals surface area (Å²) in [5, 5.41) is 13.5. The van der Waals surface area contributed by atoms with Crippen LogP contribution in [0.3, 0.4) is 0 Å². The molecule has 4 nitrogen and oxygen atoms in total. The third-order valence-electron chi connectivity index (χ3n) is 5.10. The maximum Gasteiger partial charge on any atom is 0.266 e. The predicted molar refractivity (Wildman–Crippen MR) is 135 cm³/mol. The van der Waals surface area contributed by atoms with Crippen molar-refractivity contribution in [2.24, 2.45) is 0 Å². The molecule has 3 aromatic carbocycles. The number of amides is 1. The third-order valence-corrected chi connectivity index (χ3v) is 5.80. The number of ether oxygens (including phenoxy) is 1. The number of hydrogen-bond acceptors (Lipinski definition) is 3. The Morgan fingerprint density at radius 1 is 1.06 bits per heavy atom. The zero-order valence-corrected chi connectivity index (χ0v) is 20.0. The number of anilines is 1. The van der Waals surface area contributed by atoms with Crippen LogP contribution in [0, 0.1) is 11.3 Å². The molecular weight excluding hydrogens is 455 g/mol. The number of carbonyl (C=O) groups is 1. The first-order chi connectivity index (χ1) is 15.9. The fourth-order valence-corrected chi connectivity index (χ4v) is 3.83. The maximum atomic E-state index is 12.7. The van der Waals surface area contributed by atoms with Crippen LogP contribution < -0.4 is 10.1 Å². The smallest absolute Gasteiger partial charge is 0.266 e. The minimum Gasteiger partial charge on any atom is -0.494 e. The van der Waals surface area contributed by atoms with E-state index in [1.54, 1.807) is 12.1 Å². The first-order valence-electron chi connectivity index (χ1n) is 10.7. The molecular formula is C27H24Cl2N2O2. The Morgan fingerprint density at radius 3 is 2.42 bits per heavy atom. The van der Waals surface area contributed by atoms with Gasteiger partial charge in [-0.05, 0) is 66.4 Å². The van der Waals surface area contributed by atoms with Gasteiger partial charge in [-0.25, -0.2) is 0 Å². The molecule has 0 saturated heterocycles. The van der Waals surface area contributed by atoms with E-state index in [4.69, 9.17) is 27.9 Å². The minimum absolute atomic E-state index is 0.0352. The quantitative estimate of drug-likeness (QED) is 0.277. The van der Waals surface area contributed by atoms with Crippen LogP contribution in [0.25, 0.3) is 6.08 Å². The summed E-state index contributed by atoms with van der Waals surface area (Å²) in [7, 11) is 0. The number of halogens is 2. The average molecular weight is 479 g/mol. The highest BCUT2D eigenvalue weighted by molar-refractivity contribution is 6.32. The third kappa shape index (κ3) is 6.38.